The molecule has 7 heteroatoms. The highest BCUT2D eigenvalue weighted by Gasteiger charge is 2.51. The summed E-state index contributed by atoms with van der Waals surface area (Å²) in [6.07, 6.45) is 4.78. The molecule has 1 spiro atoms. The van der Waals surface area contributed by atoms with Gasteiger partial charge in [-0.15, -0.1) is 0 Å². The van der Waals surface area contributed by atoms with E-state index in [1.54, 1.807) is 13.0 Å². The van der Waals surface area contributed by atoms with Crippen LogP contribution in [0.4, 0.5) is 5.82 Å². The third kappa shape index (κ3) is 2.63. The Labute approximate surface area is 128 Å². The molecule has 7 nitrogen and oxygen atoms in total. The molecule has 1 saturated carbocycles. The van der Waals surface area contributed by atoms with Crippen molar-refractivity contribution in [1.82, 2.24) is 10.1 Å². The van der Waals surface area contributed by atoms with Gasteiger partial charge in [0.2, 0.25) is 17.7 Å². The number of amides is 3. The first-order valence-corrected chi connectivity index (χ1v) is 7.58. The molecule has 3 rings (SSSR count). The number of imide groups is 1. The number of carbonyl (C=O) groups is 3. The van der Waals surface area contributed by atoms with Crippen molar-refractivity contribution in [2.75, 3.05) is 11.9 Å². The third-order valence-corrected chi connectivity index (χ3v) is 4.50. The summed E-state index contributed by atoms with van der Waals surface area (Å²) in [4.78, 5) is 37.8. The lowest BCUT2D eigenvalue weighted by atomic mass is 9.73. The van der Waals surface area contributed by atoms with Gasteiger partial charge >= 0.3 is 0 Å². The highest BCUT2D eigenvalue weighted by atomic mass is 16.5. The lowest BCUT2D eigenvalue weighted by molar-refractivity contribution is -0.144. The number of anilines is 1. The Bertz CT molecular complexity index is 616. The van der Waals surface area contributed by atoms with Crippen LogP contribution in [0.5, 0.6) is 0 Å². The summed E-state index contributed by atoms with van der Waals surface area (Å²) in [5.41, 5.74) is -0.555. The molecule has 0 radical (unpaired) electrons. The van der Waals surface area contributed by atoms with Crippen LogP contribution in [0.2, 0.25) is 0 Å². The molecule has 2 aliphatic rings. The summed E-state index contributed by atoms with van der Waals surface area (Å²) in [6, 6.07) is 1.58. The molecule has 1 aromatic heterocycles. The molecular formula is C15H19N3O4. The Morgan fingerprint density at radius 3 is 2.73 bits per heavy atom. The maximum absolute atomic E-state index is 12.6. The first-order valence-electron chi connectivity index (χ1n) is 7.58. The van der Waals surface area contributed by atoms with Gasteiger partial charge in [0.25, 0.3) is 0 Å². The smallest absolute Gasteiger partial charge is 0.245 e. The topological polar surface area (TPSA) is 92.5 Å². The highest BCUT2D eigenvalue weighted by molar-refractivity contribution is 6.09. The molecule has 2 fully saturated rings. The number of nitrogens with one attached hydrogen (secondary N) is 1. The van der Waals surface area contributed by atoms with E-state index in [-0.39, 0.29) is 30.6 Å². The Hall–Kier alpha value is -2.18. The van der Waals surface area contributed by atoms with E-state index < -0.39 is 11.3 Å². The van der Waals surface area contributed by atoms with E-state index in [2.05, 4.69) is 10.5 Å². The van der Waals surface area contributed by atoms with Crippen molar-refractivity contribution in [3.8, 4) is 0 Å². The van der Waals surface area contributed by atoms with Crippen LogP contribution in [0.25, 0.3) is 0 Å². The average molecular weight is 305 g/mol. The van der Waals surface area contributed by atoms with Crippen LogP contribution in [-0.4, -0.2) is 34.3 Å². The van der Waals surface area contributed by atoms with Gasteiger partial charge in [-0.2, -0.15) is 0 Å². The summed E-state index contributed by atoms with van der Waals surface area (Å²) >= 11 is 0. The zero-order valence-corrected chi connectivity index (χ0v) is 12.6. The number of hydrogen-bond donors (Lipinski definition) is 1. The van der Waals surface area contributed by atoms with E-state index in [0.717, 1.165) is 37.0 Å². The van der Waals surface area contributed by atoms with Gasteiger partial charge in [-0.25, -0.2) is 0 Å². The van der Waals surface area contributed by atoms with E-state index in [1.165, 1.54) is 0 Å². The fourth-order valence-electron chi connectivity index (χ4n) is 3.39. The molecule has 0 atom stereocenters. The summed E-state index contributed by atoms with van der Waals surface area (Å²) in [5.74, 6) is -0.0244. The largest absolute Gasteiger partial charge is 0.360 e. The number of rotatable bonds is 3. The van der Waals surface area contributed by atoms with Crippen molar-refractivity contribution in [2.24, 2.45) is 5.41 Å². The molecule has 1 saturated heterocycles. The quantitative estimate of drug-likeness (QED) is 0.857. The average Bonchev–Trinajstić information content (AvgIpc) is 2.97. The predicted molar refractivity (Wildman–Crippen MR) is 76.7 cm³/mol. The number of likely N-dealkylation sites (tertiary alicyclic amines) is 1. The van der Waals surface area contributed by atoms with Crippen molar-refractivity contribution in [1.29, 1.82) is 0 Å². The van der Waals surface area contributed by atoms with Crippen LogP contribution < -0.4 is 5.32 Å². The first kappa shape index (κ1) is 14.7. The molecule has 118 valence electrons. The molecule has 22 heavy (non-hydrogen) atoms. The van der Waals surface area contributed by atoms with E-state index in [9.17, 15) is 14.4 Å². The van der Waals surface area contributed by atoms with E-state index in [1.807, 2.05) is 0 Å². The minimum atomic E-state index is -0.555. The van der Waals surface area contributed by atoms with Gasteiger partial charge in [0.1, 0.15) is 12.3 Å². The van der Waals surface area contributed by atoms with Gasteiger partial charge in [-0.1, -0.05) is 24.4 Å². The Morgan fingerprint density at radius 2 is 2.09 bits per heavy atom. The number of hydrogen-bond acceptors (Lipinski definition) is 5. The van der Waals surface area contributed by atoms with Crippen molar-refractivity contribution in [3.05, 3.63) is 11.8 Å². The lowest BCUT2D eigenvalue weighted by Crippen LogP contribution is -2.41. The molecule has 1 aliphatic carbocycles. The number of nitrogens with zero attached hydrogens (tertiary/aromatic N) is 2. The fourth-order valence-corrected chi connectivity index (χ4v) is 3.39. The fraction of sp³-hybridized carbons (Fsp3) is 0.600. The minimum absolute atomic E-state index is 0.191. The van der Waals surface area contributed by atoms with Crippen LogP contribution in [-0.2, 0) is 14.4 Å². The molecule has 2 heterocycles. The molecule has 1 aromatic rings. The standard InChI is InChI=1S/C15H19N3O4/c1-10-7-11(17-22-10)16-12(19)9-18-13(20)8-15(14(18)21)5-3-2-4-6-15/h7H,2-6,8-9H2,1H3,(H,16,17,19). The molecule has 0 unspecified atom stereocenters. The van der Waals surface area contributed by atoms with E-state index in [4.69, 9.17) is 4.52 Å². The zero-order chi connectivity index (χ0) is 15.7. The molecular weight excluding hydrogens is 286 g/mol. The maximum Gasteiger partial charge on any atom is 0.245 e. The number of carbonyl (C=O) groups excluding carboxylic acids is 3. The summed E-state index contributed by atoms with van der Waals surface area (Å²) in [5, 5.41) is 6.19. The minimum Gasteiger partial charge on any atom is -0.360 e. The second-order valence-electron chi connectivity index (χ2n) is 6.17. The summed E-state index contributed by atoms with van der Waals surface area (Å²) in [6.45, 7) is 1.45. The predicted octanol–water partition coefficient (Wildman–Crippen LogP) is 1.63. The van der Waals surface area contributed by atoms with E-state index >= 15 is 0 Å². The van der Waals surface area contributed by atoms with Gasteiger partial charge in [-0.05, 0) is 19.8 Å². The van der Waals surface area contributed by atoms with Gasteiger partial charge < -0.3 is 9.84 Å². The number of aromatic nitrogens is 1. The Kier molecular flexibility index (Phi) is 3.72. The molecule has 3 amide bonds. The molecule has 0 aromatic carbocycles. The molecule has 1 N–H and O–H groups in total. The van der Waals surface area contributed by atoms with Crippen molar-refractivity contribution >= 4 is 23.5 Å². The second kappa shape index (κ2) is 5.55. The molecule has 1 aliphatic heterocycles. The van der Waals surface area contributed by atoms with Crippen LogP contribution in [0.15, 0.2) is 10.6 Å². The zero-order valence-electron chi connectivity index (χ0n) is 12.6. The van der Waals surface area contributed by atoms with Crippen molar-refractivity contribution in [3.63, 3.8) is 0 Å². The van der Waals surface area contributed by atoms with Gasteiger partial charge in [0, 0.05) is 12.5 Å². The van der Waals surface area contributed by atoms with Crippen molar-refractivity contribution in [2.45, 2.75) is 45.4 Å². The van der Waals surface area contributed by atoms with Crippen LogP contribution in [0.1, 0.15) is 44.3 Å². The first-order chi connectivity index (χ1) is 10.5. The lowest BCUT2D eigenvalue weighted by Gasteiger charge is -2.30. The summed E-state index contributed by atoms with van der Waals surface area (Å²) in [7, 11) is 0. The van der Waals surface area contributed by atoms with Crippen LogP contribution in [0, 0.1) is 12.3 Å². The van der Waals surface area contributed by atoms with Gasteiger partial charge in [0.15, 0.2) is 5.82 Å². The Balaban J connectivity index is 1.65. The van der Waals surface area contributed by atoms with Crippen molar-refractivity contribution < 1.29 is 18.9 Å². The summed E-state index contributed by atoms with van der Waals surface area (Å²) < 4.78 is 4.86. The SMILES string of the molecule is Cc1cc(NC(=O)CN2C(=O)CC3(CCCCC3)C2=O)no1. The number of aryl methyl sites for hydroxylation is 1. The highest BCUT2D eigenvalue weighted by Crippen LogP contribution is 2.45. The molecule has 0 bridgehead atoms. The van der Waals surface area contributed by atoms with Crippen LogP contribution in [0.3, 0.4) is 0 Å². The van der Waals surface area contributed by atoms with Crippen LogP contribution >= 0.6 is 0 Å². The normalized spacial score (nSPS) is 20.7. The Morgan fingerprint density at radius 1 is 1.36 bits per heavy atom. The van der Waals surface area contributed by atoms with E-state index in [0.29, 0.717) is 5.76 Å². The maximum atomic E-state index is 12.6. The van der Waals surface area contributed by atoms with Gasteiger partial charge in [-0.3, -0.25) is 19.3 Å². The third-order valence-electron chi connectivity index (χ3n) is 4.50. The second-order valence-corrected chi connectivity index (χ2v) is 6.17. The van der Waals surface area contributed by atoms with Gasteiger partial charge in [0.05, 0.1) is 5.41 Å². The monoisotopic (exact) mass is 305 g/mol.